The zero-order chi connectivity index (χ0) is 22.8. The van der Waals surface area contributed by atoms with Crippen LogP contribution in [0, 0.1) is 5.82 Å². The zero-order valence-corrected chi connectivity index (χ0v) is 18.3. The Bertz CT molecular complexity index is 1360. The lowest BCUT2D eigenvalue weighted by atomic mass is 10.1. The van der Waals surface area contributed by atoms with E-state index in [9.17, 15) is 4.39 Å². The van der Waals surface area contributed by atoms with E-state index in [1.54, 1.807) is 17.0 Å². The second-order valence-corrected chi connectivity index (χ2v) is 7.97. The Morgan fingerprint density at radius 3 is 2.12 bits per heavy atom. The van der Waals surface area contributed by atoms with E-state index in [1.807, 2.05) is 36.4 Å². The molecule has 164 valence electrons. The number of aromatic nitrogens is 4. The van der Waals surface area contributed by atoms with E-state index in [0.29, 0.717) is 35.8 Å². The lowest BCUT2D eigenvalue weighted by Crippen LogP contribution is -2.24. The number of halogens is 2. The summed E-state index contributed by atoms with van der Waals surface area (Å²) in [7, 11) is 0. The van der Waals surface area contributed by atoms with Crippen LogP contribution >= 0.6 is 11.6 Å². The quantitative estimate of drug-likeness (QED) is 0.272. The van der Waals surface area contributed by atoms with E-state index in [0.717, 1.165) is 11.1 Å². The molecule has 0 fully saturated rings. The minimum atomic E-state index is -0.478. The highest BCUT2D eigenvalue weighted by Gasteiger charge is 2.20. The Labute approximate surface area is 195 Å². The minimum absolute atomic E-state index is 0.0458. The molecule has 0 unspecified atom stereocenters. The maximum Gasteiger partial charge on any atom is 0.226 e. The first-order chi connectivity index (χ1) is 16.1. The molecular weight excluding hydrogens is 439 g/mol. The summed E-state index contributed by atoms with van der Waals surface area (Å²) < 4.78 is 15.4. The minimum Gasteiger partial charge on any atom is -0.396 e. The number of imidazole rings is 1. The van der Waals surface area contributed by atoms with E-state index in [1.165, 1.54) is 12.1 Å². The maximum atomic E-state index is 13.7. The molecule has 0 aliphatic heterocycles. The van der Waals surface area contributed by atoms with E-state index in [-0.39, 0.29) is 11.0 Å². The van der Waals surface area contributed by atoms with Gasteiger partial charge in [0, 0.05) is 13.1 Å². The van der Waals surface area contributed by atoms with Crippen LogP contribution in [0.4, 0.5) is 15.9 Å². The number of rotatable bonds is 6. The monoisotopic (exact) mass is 458 g/mol. The lowest BCUT2D eigenvalue weighted by Gasteiger charge is -2.24. The normalized spacial score (nSPS) is 11.1. The summed E-state index contributed by atoms with van der Waals surface area (Å²) >= 11 is 6.37. The summed E-state index contributed by atoms with van der Waals surface area (Å²) in [5.41, 5.74) is 9.82. The van der Waals surface area contributed by atoms with Gasteiger partial charge in [-0.1, -0.05) is 60.7 Å². The van der Waals surface area contributed by atoms with Crippen LogP contribution in [0.25, 0.3) is 16.9 Å². The van der Waals surface area contributed by atoms with E-state index in [4.69, 9.17) is 17.3 Å². The topological polar surface area (TPSA) is 72.9 Å². The molecule has 8 heteroatoms. The van der Waals surface area contributed by atoms with Crippen molar-refractivity contribution < 1.29 is 4.39 Å². The maximum absolute atomic E-state index is 13.7. The van der Waals surface area contributed by atoms with Crippen LogP contribution in [0.5, 0.6) is 0 Å². The SMILES string of the molecule is Nc1cc(-n2cnc3c(N(Cc4ccccc4)Cc4ccccc4)nc(Cl)nc32)ccc1F. The van der Waals surface area contributed by atoms with Gasteiger partial charge in [-0.15, -0.1) is 0 Å². The molecule has 2 aromatic heterocycles. The van der Waals surface area contributed by atoms with Crippen molar-refractivity contribution in [3.8, 4) is 5.69 Å². The van der Waals surface area contributed by atoms with Crippen LogP contribution in [0.15, 0.2) is 85.2 Å². The first-order valence-electron chi connectivity index (χ1n) is 10.4. The Morgan fingerprint density at radius 2 is 1.52 bits per heavy atom. The van der Waals surface area contributed by atoms with Gasteiger partial charge in [-0.3, -0.25) is 4.57 Å². The summed E-state index contributed by atoms with van der Waals surface area (Å²) in [5, 5.41) is 0.0976. The predicted octanol–water partition coefficient (Wildman–Crippen LogP) is 5.40. The Kier molecular flexibility index (Phi) is 5.62. The smallest absolute Gasteiger partial charge is 0.226 e. The van der Waals surface area contributed by atoms with Crippen LogP contribution in [-0.4, -0.2) is 19.5 Å². The molecule has 6 nitrogen and oxygen atoms in total. The molecule has 0 bridgehead atoms. The van der Waals surface area contributed by atoms with Gasteiger partial charge in [0.25, 0.3) is 0 Å². The van der Waals surface area contributed by atoms with E-state index in [2.05, 4.69) is 44.1 Å². The molecule has 33 heavy (non-hydrogen) atoms. The van der Waals surface area contributed by atoms with Crippen LogP contribution in [0.1, 0.15) is 11.1 Å². The third kappa shape index (κ3) is 4.36. The first kappa shape index (κ1) is 20.9. The number of hydrogen-bond acceptors (Lipinski definition) is 5. The second kappa shape index (κ2) is 8.88. The molecule has 2 N–H and O–H groups in total. The number of benzene rings is 3. The van der Waals surface area contributed by atoms with Crippen molar-refractivity contribution >= 4 is 34.3 Å². The van der Waals surface area contributed by atoms with Crippen molar-refractivity contribution in [1.29, 1.82) is 0 Å². The highest BCUT2D eigenvalue weighted by atomic mass is 35.5. The molecule has 2 heterocycles. The Hall–Kier alpha value is -3.97. The van der Waals surface area contributed by atoms with E-state index < -0.39 is 5.82 Å². The average Bonchev–Trinajstić information content (AvgIpc) is 3.25. The molecule has 0 atom stereocenters. The van der Waals surface area contributed by atoms with Gasteiger partial charge >= 0.3 is 0 Å². The number of fused-ring (bicyclic) bond motifs is 1. The first-order valence-corrected chi connectivity index (χ1v) is 10.7. The summed E-state index contributed by atoms with van der Waals surface area (Å²) in [6.45, 7) is 1.21. The molecule has 5 aromatic rings. The predicted molar refractivity (Wildman–Crippen MR) is 129 cm³/mol. The molecule has 0 aliphatic carbocycles. The largest absolute Gasteiger partial charge is 0.396 e. The fourth-order valence-corrected chi connectivity index (χ4v) is 3.92. The molecule has 0 radical (unpaired) electrons. The fraction of sp³-hybridized carbons (Fsp3) is 0.0800. The summed E-state index contributed by atoms with van der Waals surface area (Å²) in [5.74, 6) is 0.139. The van der Waals surface area contributed by atoms with Crippen LogP contribution in [-0.2, 0) is 13.1 Å². The molecular formula is C25H20ClFN6. The van der Waals surface area contributed by atoms with Gasteiger partial charge in [0.15, 0.2) is 17.0 Å². The lowest BCUT2D eigenvalue weighted by molar-refractivity contribution is 0.632. The second-order valence-electron chi connectivity index (χ2n) is 7.64. The zero-order valence-electron chi connectivity index (χ0n) is 17.6. The van der Waals surface area contributed by atoms with Gasteiger partial charge in [-0.05, 0) is 40.9 Å². The third-order valence-electron chi connectivity index (χ3n) is 5.34. The molecule has 0 saturated carbocycles. The molecule has 3 aromatic carbocycles. The average molecular weight is 459 g/mol. The standard InChI is InChI=1S/C25H20ClFN6/c26-25-30-23(22-24(31-25)33(16-29-22)19-11-12-20(27)21(28)13-19)32(14-17-7-3-1-4-8-17)15-18-9-5-2-6-10-18/h1-13,16H,14-15,28H2. The van der Waals surface area contributed by atoms with Gasteiger partial charge in [0.05, 0.1) is 11.4 Å². The van der Waals surface area contributed by atoms with Gasteiger partial charge in [0.2, 0.25) is 5.28 Å². The molecule has 0 amide bonds. The molecule has 5 rings (SSSR count). The molecule has 0 spiro atoms. The van der Waals surface area contributed by atoms with Crippen molar-refractivity contribution in [2.24, 2.45) is 0 Å². The number of nitrogens with zero attached hydrogens (tertiary/aromatic N) is 5. The van der Waals surface area contributed by atoms with Gasteiger partial charge in [0.1, 0.15) is 12.1 Å². The number of anilines is 2. The summed E-state index contributed by atoms with van der Waals surface area (Å²) in [6, 6.07) is 24.7. The summed E-state index contributed by atoms with van der Waals surface area (Å²) in [4.78, 5) is 15.7. The summed E-state index contributed by atoms with van der Waals surface area (Å²) in [6.07, 6.45) is 1.62. The number of nitrogen functional groups attached to an aromatic ring is 1. The van der Waals surface area contributed by atoms with Gasteiger partial charge < -0.3 is 10.6 Å². The third-order valence-corrected chi connectivity index (χ3v) is 5.51. The van der Waals surface area contributed by atoms with Crippen LogP contribution in [0.2, 0.25) is 5.28 Å². The van der Waals surface area contributed by atoms with Crippen molar-refractivity contribution in [2.45, 2.75) is 13.1 Å². The number of nitrogens with two attached hydrogens (primary N) is 1. The highest BCUT2D eigenvalue weighted by molar-refractivity contribution is 6.28. The van der Waals surface area contributed by atoms with Crippen LogP contribution in [0.3, 0.4) is 0 Å². The highest BCUT2D eigenvalue weighted by Crippen LogP contribution is 2.29. The molecule has 0 saturated heterocycles. The van der Waals surface area contributed by atoms with Crippen molar-refractivity contribution in [3.05, 3.63) is 107 Å². The Balaban J connectivity index is 1.63. The van der Waals surface area contributed by atoms with Crippen LogP contribution < -0.4 is 10.6 Å². The van der Waals surface area contributed by atoms with Crippen molar-refractivity contribution in [3.63, 3.8) is 0 Å². The fourth-order valence-electron chi connectivity index (χ4n) is 3.76. The number of hydrogen-bond donors (Lipinski definition) is 1. The molecule has 0 aliphatic rings. The Morgan fingerprint density at radius 1 is 0.879 bits per heavy atom. The van der Waals surface area contributed by atoms with Crippen molar-refractivity contribution in [1.82, 2.24) is 19.5 Å². The van der Waals surface area contributed by atoms with E-state index >= 15 is 0 Å². The van der Waals surface area contributed by atoms with Crippen molar-refractivity contribution in [2.75, 3.05) is 10.6 Å². The van der Waals surface area contributed by atoms with Gasteiger partial charge in [-0.25, -0.2) is 9.37 Å². The van der Waals surface area contributed by atoms with Gasteiger partial charge in [-0.2, -0.15) is 9.97 Å².